The highest BCUT2D eigenvalue weighted by Gasteiger charge is 2.43. The lowest BCUT2D eigenvalue weighted by Gasteiger charge is -2.32. The Bertz CT molecular complexity index is 513. The van der Waals surface area contributed by atoms with Gasteiger partial charge < -0.3 is 5.11 Å². The number of aromatic carboxylic acids is 1. The molecule has 1 aromatic heterocycles. The van der Waals surface area contributed by atoms with E-state index in [1.807, 2.05) is 6.92 Å². The highest BCUT2D eigenvalue weighted by atomic mass is 19.4. The summed E-state index contributed by atoms with van der Waals surface area (Å²) in [6, 6.07) is -0.446. The molecule has 1 aliphatic carbocycles. The standard InChI is InChI=1S/C12H16F3N3O2/c1-6-3-4-8(5-7(6)2)18-10(12(13,14)15)9(11(19)20)16-17-18/h6-8H,3-5H2,1-2H3,(H,19,20). The van der Waals surface area contributed by atoms with E-state index in [2.05, 4.69) is 17.2 Å². The summed E-state index contributed by atoms with van der Waals surface area (Å²) in [5.41, 5.74) is -2.28. The molecule has 0 radical (unpaired) electrons. The molecule has 8 heteroatoms. The zero-order chi connectivity index (χ0) is 15.1. The van der Waals surface area contributed by atoms with Crippen molar-refractivity contribution in [1.82, 2.24) is 15.0 Å². The number of aromatic nitrogens is 3. The number of hydrogen-bond acceptors (Lipinski definition) is 3. The Morgan fingerprint density at radius 2 is 1.95 bits per heavy atom. The van der Waals surface area contributed by atoms with Crippen molar-refractivity contribution in [3.8, 4) is 0 Å². The lowest BCUT2D eigenvalue weighted by atomic mass is 9.79. The number of hydrogen-bond donors (Lipinski definition) is 1. The summed E-state index contributed by atoms with van der Waals surface area (Å²) in [5.74, 6) is -0.990. The number of halogens is 3. The van der Waals surface area contributed by atoms with E-state index in [4.69, 9.17) is 5.11 Å². The normalized spacial score (nSPS) is 27.6. The predicted octanol–water partition coefficient (Wildman–Crippen LogP) is 2.99. The second-order valence-electron chi connectivity index (χ2n) is 5.46. The maximum atomic E-state index is 13.1. The Kier molecular flexibility index (Phi) is 3.75. The smallest absolute Gasteiger partial charge is 0.435 e. The Balaban J connectivity index is 2.40. The molecule has 20 heavy (non-hydrogen) atoms. The van der Waals surface area contributed by atoms with Crippen molar-refractivity contribution in [3.63, 3.8) is 0 Å². The van der Waals surface area contributed by atoms with Gasteiger partial charge in [0.15, 0.2) is 5.69 Å². The van der Waals surface area contributed by atoms with Gasteiger partial charge in [0, 0.05) is 0 Å². The SMILES string of the molecule is CC1CCC(n2nnc(C(=O)O)c2C(F)(F)F)CC1C. The third-order valence-corrected chi connectivity index (χ3v) is 4.08. The topological polar surface area (TPSA) is 68.0 Å². The van der Waals surface area contributed by atoms with Gasteiger partial charge >= 0.3 is 12.1 Å². The van der Waals surface area contributed by atoms with Crippen LogP contribution >= 0.6 is 0 Å². The van der Waals surface area contributed by atoms with E-state index >= 15 is 0 Å². The second kappa shape index (κ2) is 5.06. The van der Waals surface area contributed by atoms with Gasteiger partial charge in [0.05, 0.1) is 6.04 Å². The van der Waals surface area contributed by atoms with E-state index < -0.39 is 29.6 Å². The first-order valence-corrected chi connectivity index (χ1v) is 6.47. The Morgan fingerprint density at radius 1 is 1.30 bits per heavy atom. The predicted molar refractivity (Wildman–Crippen MR) is 63.2 cm³/mol. The van der Waals surface area contributed by atoms with Gasteiger partial charge in [-0.05, 0) is 31.1 Å². The minimum absolute atomic E-state index is 0.271. The Morgan fingerprint density at radius 3 is 2.45 bits per heavy atom. The zero-order valence-electron chi connectivity index (χ0n) is 11.2. The first-order chi connectivity index (χ1) is 9.21. The van der Waals surface area contributed by atoms with Crippen LogP contribution in [0, 0.1) is 11.8 Å². The third-order valence-electron chi connectivity index (χ3n) is 4.08. The zero-order valence-corrected chi connectivity index (χ0v) is 11.2. The van der Waals surface area contributed by atoms with Crippen LogP contribution in [-0.4, -0.2) is 26.1 Å². The maximum Gasteiger partial charge on any atom is 0.435 e. The van der Waals surface area contributed by atoms with Gasteiger partial charge in [-0.3, -0.25) is 0 Å². The Hall–Kier alpha value is -1.60. The lowest BCUT2D eigenvalue weighted by molar-refractivity contribution is -0.146. The quantitative estimate of drug-likeness (QED) is 0.909. The molecule has 0 aromatic carbocycles. The van der Waals surface area contributed by atoms with E-state index in [1.54, 1.807) is 0 Å². The minimum Gasteiger partial charge on any atom is -0.476 e. The molecule has 0 spiro atoms. The fraction of sp³-hybridized carbons (Fsp3) is 0.750. The monoisotopic (exact) mass is 291 g/mol. The van der Waals surface area contributed by atoms with Gasteiger partial charge in [-0.1, -0.05) is 19.1 Å². The first kappa shape index (κ1) is 14.8. The summed E-state index contributed by atoms with van der Waals surface area (Å²) in [4.78, 5) is 10.9. The van der Waals surface area contributed by atoms with Crippen molar-refractivity contribution in [2.75, 3.05) is 0 Å². The molecule has 0 amide bonds. The van der Waals surface area contributed by atoms with Gasteiger partial charge in [0.2, 0.25) is 5.69 Å². The Labute approximate surface area is 113 Å². The van der Waals surface area contributed by atoms with Gasteiger partial charge in [0.1, 0.15) is 0 Å². The van der Waals surface area contributed by atoms with Crippen molar-refractivity contribution in [3.05, 3.63) is 11.4 Å². The van der Waals surface area contributed by atoms with Gasteiger partial charge in [-0.2, -0.15) is 13.2 Å². The fourth-order valence-electron chi connectivity index (χ4n) is 2.70. The molecule has 1 fully saturated rings. The van der Waals surface area contributed by atoms with E-state index in [9.17, 15) is 18.0 Å². The highest BCUT2D eigenvalue weighted by molar-refractivity contribution is 5.86. The molecule has 3 atom stereocenters. The van der Waals surface area contributed by atoms with Gasteiger partial charge in [-0.15, -0.1) is 5.10 Å². The number of rotatable bonds is 2. The van der Waals surface area contributed by atoms with Crippen LogP contribution in [0.25, 0.3) is 0 Å². The van der Waals surface area contributed by atoms with Crippen LogP contribution in [0.4, 0.5) is 13.2 Å². The molecule has 1 N–H and O–H groups in total. The number of carboxylic acid groups (broad SMARTS) is 1. The molecule has 3 unspecified atom stereocenters. The molecule has 0 aliphatic heterocycles. The average molecular weight is 291 g/mol. The van der Waals surface area contributed by atoms with Crippen molar-refractivity contribution in [2.45, 2.75) is 45.3 Å². The molecule has 2 rings (SSSR count). The molecule has 112 valence electrons. The molecule has 5 nitrogen and oxygen atoms in total. The average Bonchev–Trinajstić information content (AvgIpc) is 2.77. The number of alkyl halides is 3. The van der Waals surface area contributed by atoms with E-state index in [-0.39, 0.29) is 5.92 Å². The van der Waals surface area contributed by atoms with Crippen LogP contribution in [0.1, 0.15) is 55.3 Å². The molecule has 1 aromatic rings. The summed E-state index contributed by atoms with van der Waals surface area (Å²) < 4.78 is 40.0. The lowest BCUT2D eigenvalue weighted by Crippen LogP contribution is -2.28. The van der Waals surface area contributed by atoms with Crippen LogP contribution < -0.4 is 0 Å². The van der Waals surface area contributed by atoms with Gasteiger partial charge in [0.25, 0.3) is 0 Å². The summed E-state index contributed by atoms with van der Waals surface area (Å²) in [6.45, 7) is 4.05. The van der Waals surface area contributed by atoms with Crippen LogP contribution in [0.15, 0.2) is 0 Å². The highest BCUT2D eigenvalue weighted by Crippen LogP contribution is 2.39. The van der Waals surface area contributed by atoms with Crippen molar-refractivity contribution >= 4 is 5.97 Å². The molecule has 1 aliphatic rings. The van der Waals surface area contributed by atoms with Crippen LogP contribution in [0.3, 0.4) is 0 Å². The molecule has 0 bridgehead atoms. The molecule has 1 saturated carbocycles. The van der Waals surface area contributed by atoms with Crippen molar-refractivity contribution in [1.29, 1.82) is 0 Å². The van der Waals surface area contributed by atoms with Gasteiger partial charge in [-0.25, -0.2) is 9.48 Å². The van der Waals surface area contributed by atoms with Crippen LogP contribution in [0.5, 0.6) is 0 Å². The molecular formula is C12H16F3N3O2. The summed E-state index contributed by atoms with van der Waals surface area (Å²) in [6.07, 6.45) is -2.88. The molecular weight excluding hydrogens is 275 g/mol. The summed E-state index contributed by atoms with van der Waals surface area (Å²) in [5, 5.41) is 15.5. The van der Waals surface area contributed by atoms with E-state index in [0.717, 1.165) is 11.1 Å². The largest absolute Gasteiger partial charge is 0.476 e. The van der Waals surface area contributed by atoms with Crippen molar-refractivity contribution in [2.24, 2.45) is 11.8 Å². The summed E-state index contributed by atoms with van der Waals surface area (Å²) >= 11 is 0. The van der Waals surface area contributed by atoms with Crippen molar-refractivity contribution < 1.29 is 23.1 Å². The minimum atomic E-state index is -4.77. The van der Waals surface area contributed by atoms with Crippen LogP contribution in [-0.2, 0) is 6.18 Å². The number of nitrogens with zero attached hydrogens (tertiary/aromatic N) is 3. The second-order valence-corrected chi connectivity index (χ2v) is 5.46. The fourth-order valence-corrected chi connectivity index (χ4v) is 2.70. The van der Waals surface area contributed by atoms with Crippen LogP contribution in [0.2, 0.25) is 0 Å². The first-order valence-electron chi connectivity index (χ1n) is 6.47. The maximum absolute atomic E-state index is 13.1. The summed E-state index contributed by atoms with van der Waals surface area (Å²) in [7, 11) is 0. The molecule has 0 saturated heterocycles. The van der Waals surface area contributed by atoms with E-state index in [0.29, 0.717) is 18.8 Å². The number of carbonyl (C=O) groups is 1. The van der Waals surface area contributed by atoms with E-state index in [1.165, 1.54) is 0 Å². The third kappa shape index (κ3) is 2.64. The number of carboxylic acids is 1. The molecule has 1 heterocycles.